The number of aryl methyl sites for hydroxylation is 1. The van der Waals surface area contributed by atoms with Crippen molar-refractivity contribution in [2.75, 3.05) is 24.7 Å². The Morgan fingerprint density at radius 3 is 2.79 bits per heavy atom. The normalized spacial score (nSPS) is 13.8. The fraction of sp³-hybridized carbons (Fsp3) is 0.348. The number of carbonyl (C=O) groups is 2. The molecule has 1 aromatic heterocycles. The van der Waals surface area contributed by atoms with Gasteiger partial charge in [-0.25, -0.2) is 4.79 Å². The zero-order chi connectivity index (χ0) is 20.5. The number of hydrogen-bond donors (Lipinski definition) is 0. The van der Waals surface area contributed by atoms with Crippen LogP contribution in [0.1, 0.15) is 37.3 Å². The molecule has 1 aliphatic rings. The second kappa shape index (κ2) is 10.4. The minimum Gasteiger partial charge on any atom is -0.492 e. The lowest BCUT2D eigenvalue weighted by Gasteiger charge is -2.15. The Morgan fingerprint density at radius 2 is 2.07 bits per heavy atom. The standard InChI is InChI=1S/C23H26N2O4/c1-2-28-21-15-19(16-24-17-21)5-4-14-29-23(27)12-9-18-7-10-20(11-8-18)25-13-3-6-22(25)26/h7-12,15-17H,2-6,13-14H2,1H3. The van der Waals surface area contributed by atoms with Gasteiger partial charge in [0, 0.05) is 30.9 Å². The first kappa shape index (κ1) is 20.6. The molecule has 1 saturated heterocycles. The Bertz CT molecular complexity index is 861. The Labute approximate surface area is 171 Å². The molecule has 1 fully saturated rings. The molecule has 0 aliphatic carbocycles. The van der Waals surface area contributed by atoms with Gasteiger partial charge in [-0.3, -0.25) is 9.78 Å². The summed E-state index contributed by atoms with van der Waals surface area (Å²) in [4.78, 5) is 29.6. The van der Waals surface area contributed by atoms with Gasteiger partial charge in [0.1, 0.15) is 5.75 Å². The molecule has 3 rings (SSSR count). The lowest BCUT2D eigenvalue weighted by molar-refractivity contribution is -0.137. The molecule has 0 unspecified atom stereocenters. The zero-order valence-electron chi connectivity index (χ0n) is 16.7. The smallest absolute Gasteiger partial charge is 0.330 e. The van der Waals surface area contributed by atoms with Gasteiger partial charge in [-0.15, -0.1) is 0 Å². The SMILES string of the molecule is CCOc1cncc(CCCOC(=O)C=Cc2ccc(N3CCCC3=O)cc2)c1. The highest BCUT2D eigenvalue weighted by Crippen LogP contribution is 2.22. The van der Waals surface area contributed by atoms with E-state index in [-0.39, 0.29) is 11.9 Å². The first-order valence-electron chi connectivity index (χ1n) is 9.97. The van der Waals surface area contributed by atoms with Crippen molar-refractivity contribution >= 4 is 23.6 Å². The first-order chi connectivity index (χ1) is 14.2. The third kappa shape index (κ3) is 6.17. The van der Waals surface area contributed by atoms with Crippen LogP contribution in [0.5, 0.6) is 5.75 Å². The monoisotopic (exact) mass is 394 g/mol. The molecule has 0 bridgehead atoms. The number of rotatable bonds is 9. The van der Waals surface area contributed by atoms with Gasteiger partial charge in [-0.1, -0.05) is 12.1 Å². The number of benzene rings is 1. The second-order valence-corrected chi connectivity index (χ2v) is 6.81. The maximum atomic E-state index is 11.9. The number of amides is 1. The van der Waals surface area contributed by atoms with E-state index < -0.39 is 0 Å². The molecule has 6 heteroatoms. The van der Waals surface area contributed by atoms with Crippen molar-refractivity contribution in [2.45, 2.75) is 32.6 Å². The molecule has 152 valence electrons. The van der Waals surface area contributed by atoms with Crippen molar-refractivity contribution < 1.29 is 19.1 Å². The van der Waals surface area contributed by atoms with Crippen LogP contribution in [0.15, 0.2) is 48.8 Å². The fourth-order valence-electron chi connectivity index (χ4n) is 3.19. The molecule has 0 atom stereocenters. The fourth-order valence-corrected chi connectivity index (χ4v) is 3.19. The summed E-state index contributed by atoms with van der Waals surface area (Å²) in [6.45, 7) is 3.65. The maximum Gasteiger partial charge on any atom is 0.330 e. The van der Waals surface area contributed by atoms with Gasteiger partial charge in [-0.2, -0.15) is 0 Å². The molecule has 2 aromatic rings. The number of pyridine rings is 1. The largest absolute Gasteiger partial charge is 0.492 e. The summed E-state index contributed by atoms with van der Waals surface area (Å²) < 4.78 is 10.7. The summed E-state index contributed by atoms with van der Waals surface area (Å²) in [6, 6.07) is 9.54. The molecule has 1 aromatic carbocycles. The van der Waals surface area contributed by atoms with Gasteiger partial charge in [-0.05, 0) is 61.6 Å². The van der Waals surface area contributed by atoms with Crippen LogP contribution in [0.25, 0.3) is 6.08 Å². The van der Waals surface area contributed by atoms with Gasteiger partial charge < -0.3 is 14.4 Å². The minimum atomic E-state index is -0.370. The topological polar surface area (TPSA) is 68.7 Å². The number of carbonyl (C=O) groups excluding carboxylic acids is 2. The lowest BCUT2D eigenvalue weighted by Crippen LogP contribution is -2.23. The van der Waals surface area contributed by atoms with E-state index in [2.05, 4.69) is 4.98 Å². The van der Waals surface area contributed by atoms with E-state index >= 15 is 0 Å². The predicted molar refractivity (Wildman–Crippen MR) is 112 cm³/mol. The molecule has 6 nitrogen and oxygen atoms in total. The van der Waals surface area contributed by atoms with Crippen LogP contribution in [-0.4, -0.2) is 36.6 Å². The molecule has 2 heterocycles. The molecule has 0 spiro atoms. The van der Waals surface area contributed by atoms with E-state index in [1.807, 2.05) is 37.3 Å². The molecule has 29 heavy (non-hydrogen) atoms. The zero-order valence-corrected chi connectivity index (χ0v) is 16.7. The van der Waals surface area contributed by atoms with Gasteiger partial charge in [0.15, 0.2) is 0 Å². The third-order valence-corrected chi connectivity index (χ3v) is 4.62. The van der Waals surface area contributed by atoms with Crippen molar-refractivity contribution in [2.24, 2.45) is 0 Å². The highest BCUT2D eigenvalue weighted by Gasteiger charge is 2.21. The van der Waals surface area contributed by atoms with E-state index in [1.165, 1.54) is 6.08 Å². The average molecular weight is 394 g/mol. The van der Waals surface area contributed by atoms with Gasteiger partial charge in [0.05, 0.1) is 19.4 Å². The molecule has 0 radical (unpaired) electrons. The summed E-state index contributed by atoms with van der Waals surface area (Å²) in [5.74, 6) is 0.548. The van der Waals surface area contributed by atoms with E-state index in [0.717, 1.165) is 48.4 Å². The Hall–Kier alpha value is -3.15. The summed E-state index contributed by atoms with van der Waals surface area (Å²) in [6.07, 6.45) is 9.62. The number of ether oxygens (including phenoxy) is 2. The quantitative estimate of drug-likeness (QED) is 0.368. The molecule has 0 N–H and O–H groups in total. The molecular weight excluding hydrogens is 368 g/mol. The van der Waals surface area contributed by atoms with Crippen LogP contribution in [0.2, 0.25) is 0 Å². The van der Waals surface area contributed by atoms with Crippen LogP contribution in [0.3, 0.4) is 0 Å². The summed E-state index contributed by atoms with van der Waals surface area (Å²) in [7, 11) is 0. The van der Waals surface area contributed by atoms with Gasteiger partial charge in [0.2, 0.25) is 5.91 Å². The van der Waals surface area contributed by atoms with Crippen LogP contribution in [-0.2, 0) is 20.7 Å². The van der Waals surface area contributed by atoms with E-state index in [4.69, 9.17) is 9.47 Å². The molecule has 1 amide bonds. The Morgan fingerprint density at radius 1 is 1.24 bits per heavy atom. The predicted octanol–water partition coefficient (Wildman–Crippen LogP) is 3.80. The molecular formula is C23H26N2O4. The van der Waals surface area contributed by atoms with Crippen LogP contribution in [0.4, 0.5) is 5.69 Å². The van der Waals surface area contributed by atoms with Crippen molar-refractivity contribution in [3.63, 3.8) is 0 Å². The highest BCUT2D eigenvalue weighted by atomic mass is 16.5. The Kier molecular flexibility index (Phi) is 7.39. The van der Waals surface area contributed by atoms with Crippen molar-refractivity contribution in [3.05, 3.63) is 59.9 Å². The number of anilines is 1. The van der Waals surface area contributed by atoms with E-state index in [0.29, 0.717) is 19.6 Å². The third-order valence-electron chi connectivity index (χ3n) is 4.62. The van der Waals surface area contributed by atoms with Crippen LogP contribution in [0, 0.1) is 0 Å². The molecule has 1 aliphatic heterocycles. The van der Waals surface area contributed by atoms with E-state index in [1.54, 1.807) is 23.4 Å². The van der Waals surface area contributed by atoms with Crippen molar-refractivity contribution in [1.29, 1.82) is 0 Å². The molecule has 0 saturated carbocycles. The van der Waals surface area contributed by atoms with Gasteiger partial charge in [0.25, 0.3) is 0 Å². The highest BCUT2D eigenvalue weighted by molar-refractivity contribution is 5.95. The summed E-state index contributed by atoms with van der Waals surface area (Å²) in [5.41, 5.74) is 2.84. The van der Waals surface area contributed by atoms with Crippen LogP contribution < -0.4 is 9.64 Å². The second-order valence-electron chi connectivity index (χ2n) is 6.81. The van der Waals surface area contributed by atoms with E-state index in [9.17, 15) is 9.59 Å². The van der Waals surface area contributed by atoms with Crippen molar-refractivity contribution in [3.8, 4) is 5.75 Å². The Balaban J connectivity index is 1.40. The van der Waals surface area contributed by atoms with Crippen molar-refractivity contribution in [1.82, 2.24) is 4.98 Å². The minimum absolute atomic E-state index is 0.164. The number of aromatic nitrogens is 1. The van der Waals surface area contributed by atoms with Crippen LogP contribution >= 0.6 is 0 Å². The number of nitrogens with zero attached hydrogens (tertiary/aromatic N) is 2. The number of hydrogen-bond acceptors (Lipinski definition) is 5. The number of esters is 1. The first-order valence-corrected chi connectivity index (χ1v) is 9.97. The maximum absolute atomic E-state index is 11.9. The summed E-state index contributed by atoms with van der Waals surface area (Å²) in [5, 5.41) is 0. The lowest BCUT2D eigenvalue weighted by atomic mass is 10.1. The summed E-state index contributed by atoms with van der Waals surface area (Å²) >= 11 is 0. The average Bonchev–Trinajstić information content (AvgIpc) is 3.16. The van der Waals surface area contributed by atoms with Gasteiger partial charge >= 0.3 is 5.97 Å².